The van der Waals surface area contributed by atoms with Crippen LogP contribution in [0.15, 0.2) is 30.3 Å². The van der Waals surface area contributed by atoms with Gasteiger partial charge in [0.15, 0.2) is 0 Å². The molecule has 1 aromatic carbocycles. The van der Waals surface area contributed by atoms with E-state index in [1.165, 1.54) is 0 Å². The summed E-state index contributed by atoms with van der Waals surface area (Å²) in [6.07, 6.45) is 0. The maximum atomic E-state index is 12.1. The third-order valence-corrected chi connectivity index (χ3v) is 3.51. The van der Waals surface area contributed by atoms with Crippen LogP contribution < -0.4 is 5.32 Å². The minimum atomic E-state index is -0.0823. The standard InChI is InChI=1S/C16H23N3O3/c1-18(13-16(21)19-7-9-22-10-8-19)12-15(20)17-11-14-5-3-2-4-6-14/h2-6H,7-13H2,1H3,(H,17,20). The van der Waals surface area contributed by atoms with E-state index in [0.717, 1.165) is 5.56 Å². The van der Waals surface area contributed by atoms with Crippen molar-refractivity contribution in [2.45, 2.75) is 6.54 Å². The van der Waals surface area contributed by atoms with Crippen LogP contribution in [0.1, 0.15) is 5.56 Å². The van der Waals surface area contributed by atoms with Crippen molar-refractivity contribution in [1.29, 1.82) is 0 Å². The van der Waals surface area contributed by atoms with Crippen molar-refractivity contribution in [3.63, 3.8) is 0 Å². The molecule has 6 nitrogen and oxygen atoms in total. The quantitative estimate of drug-likeness (QED) is 0.809. The first-order valence-electron chi connectivity index (χ1n) is 7.50. The fraction of sp³-hybridized carbons (Fsp3) is 0.500. The molecule has 1 aromatic rings. The Balaban J connectivity index is 1.68. The second-order valence-corrected chi connectivity index (χ2v) is 5.43. The van der Waals surface area contributed by atoms with Gasteiger partial charge >= 0.3 is 0 Å². The van der Waals surface area contributed by atoms with E-state index in [0.29, 0.717) is 32.8 Å². The largest absolute Gasteiger partial charge is 0.378 e. The Morgan fingerprint density at radius 2 is 1.86 bits per heavy atom. The molecule has 0 bridgehead atoms. The zero-order chi connectivity index (χ0) is 15.8. The first kappa shape index (κ1) is 16.5. The van der Waals surface area contributed by atoms with Crippen molar-refractivity contribution < 1.29 is 14.3 Å². The Morgan fingerprint density at radius 1 is 1.18 bits per heavy atom. The molecule has 22 heavy (non-hydrogen) atoms. The van der Waals surface area contributed by atoms with E-state index in [-0.39, 0.29) is 24.9 Å². The predicted octanol–water partition coefficient (Wildman–Crippen LogP) is 0.0934. The van der Waals surface area contributed by atoms with E-state index in [1.807, 2.05) is 30.3 Å². The van der Waals surface area contributed by atoms with Gasteiger partial charge in [-0.2, -0.15) is 0 Å². The van der Waals surface area contributed by atoms with Gasteiger partial charge in [0.05, 0.1) is 26.3 Å². The van der Waals surface area contributed by atoms with Crippen LogP contribution in [-0.4, -0.2) is 68.1 Å². The van der Waals surface area contributed by atoms with Crippen LogP contribution in [0, 0.1) is 0 Å². The van der Waals surface area contributed by atoms with Gasteiger partial charge in [0.2, 0.25) is 11.8 Å². The summed E-state index contributed by atoms with van der Waals surface area (Å²) in [6.45, 7) is 3.41. The molecule has 1 saturated heterocycles. The molecule has 0 aromatic heterocycles. The van der Waals surface area contributed by atoms with Crippen LogP contribution in [0.5, 0.6) is 0 Å². The fourth-order valence-corrected chi connectivity index (χ4v) is 2.30. The summed E-state index contributed by atoms with van der Waals surface area (Å²) < 4.78 is 5.22. The van der Waals surface area contributed by atoms with Gasteiger partial charge in [0, 0.05) is 19.6 Å². The van der Waals surface area contributed by atoms with E-state index in [2.05, 4.69) is 5.32 Å². The summed E-state index contributed by atoms with van der Waals surface area (Å²) in [6, 6.07) is 9.75. The molecule has 1 heterocycles. The molecule has 6 heteroatoms. The third-order valence-electron chi connectivity index (χ3n) is 3.51. The van der Waals surface area contributed by atoms with Crippen LogP contribution >= 0.6 is 0 Å². The summed E-state index contributed by atoms with van der Waals surface area (Å²) in [7, 11) is 1.78. The van der Waals surface area contributed by atoms with Crippen molar-refractivity contribution in [3.8, 4) is 0 Å². The normalized spacial score (nSPS) is 14.9. The highest BCUT2D eigenvalue weighted by Gasteiger charge is 2.18. The second-order valence-electron chi connectivity index (χ2n) is 5.43. The van der Waals surface area contributed by atoms with Crippen LogP contribution in [0.25, 0.3) is 0 Å². The summed E-state index contributed by atoms with van der Waals surface area (Å²) in [5, 5.41) is 2.86. The van der Waals surface area contributed by atoms with Crippen molar-refractivity contribution >= 4 is 11.8 Å². The number of nitrogens with zero attached hydrogens (tertiary/aromatic N) is 2. The molecule has 0 unspecified atom stereocenters. The Kier molecular flexibility index (Phi) is 6.36. The van der Waals surface area contributed by atoms with Crippen molar-refractivity contribution in [1.82, 2.24) is 15.1 Å². The number of benzene rings is 1. The molecule has 0 saturated carbocycles. The van der Waals surface area contributed by atoms with Crippen LogP contribution in [0.4, 0.5) is 0 Å². The highest BCUT2D eigenvalue weighted by Crippen LogP contribution is 1.99. The van der Waals surface area contributed by atoms with E-state index in [4.69, 9.17) is 4.74 Å². The summed E-state index contributed by atoms with van der Waals surface area (Å²) >= 11 is 0. The molecule has 0 aliphatic carbocycles. The lowest BCUT2D eigenvalue weighted by atomic mass is 10.2. The predicted molar refractivity (Wildman–Crippen MR) is 83.2 cm³/mol. The summed E-state index contributed by atoms with van der Waals surface area (Å²) in [4.78, 5) is 27.5. The number of rotatable bonds is 6. The number of likely N-dealkylation sites (N-methyl/N-ethyl adjacent to an activating group) is 1. The fourth-order valence-electron chi connectivity index (χ4n) is 2.30. The van der Waals surface area contributed by atoms with E-state index in [9.17, 15) is 9.59 Å². The number of carbonyl (C=O) groups excluding carboxylic acids is 2. The van der Waals surface area contributed by atoms with E-state index < -0.39 is 0 Å². The molecule has 1 aliphatic rings. The maximum Gasteiger partial charge on any atom is 0.236 e. The molecule has 1 aliphatic heterocycles. The molecule has 2 rings (SSSR count). The van der Waals surface area contributed by atoms with Crippen LogP contribution in [-0.2, 0) is 20.9 Å². The van der Waals surface area contributed by atoms with Crippen LogP contribution in [0.3, 0.4) is 0 Å². The maximum absolute atomic E-state index is 12.1. The number of hydrogen-bond donors (Lipinski definition) is 1. The summed E-state index contributed by atoms with van der Waals surface area (Å²) in [5.41, 5.74) is 1.06. The number of carbonyl (C=O) groups is 2. The Hall–Kier alpha value is -1.92. The minimum absolute atomic E-state index is 0.0432. The molecule has 1 fully saturated rings. The van der Waals surface area contributed by atoms with Gasteiger partial charge < -0.3 is 15.0 Å². The molecular weight excluding hydrogens is 282 g/mol. The SMILES string of the molecule is CN(CC(=O)NCc1ccccc1)CC(=O)N1CCOCC1. The van der Waals surface area contributed by atoms with E-state index >= 15 is 0 Å². The molecule has 0 spiro atoms. The number of ether oxygens (including phenoxy) is 1. The molecule has 120 valence electrons. The zero-order valence-corrected chi connectivity index (χ0v) is 13.0. The first-order valence-corrected chi connectivity index (χ1v) is 7.50. The lowest BCUT2D eigenvalue weighted by molar-refractivity contribution is -0.136. The molecule has 1 N–H and O–H groups in total. The third kappa shape index (κ3) is 5.46. The Morgan fingerprint density at radius 3 is 2.55 bits per heavy atom. The highest BCUT2D eigenvalue weighted by molar-refractivity contribution is 5.81. The minimum Gasteiger partial charge on any atom is -0.378 e. The van der Waals surface area contributed by atoms with Crippen molar-refractivity contribution in [3.05, 3.63) is 35.9 Å². The number of amides is 2. The van der Waals surface area contributed by atoms with Gasteiger partial charge in [-0.3, -0.25) is 14.5 Å². The lowest BCUT2D eigenvalue weighted by Gasteiger charge is -2.28. The van der Waals surface area contributed by atoms with E-state index in [1.54, 1.807) is 16.8 Å². The number of morpholine rings is 1. The Bertz CT molecular complexity index is 487. The topological polar surface area (TPSA) is 61.9 Å². The smallest absolute Gasteiger partial charge is 0.236 e. The first-order chi connectivity index (χ1) is 10.6. The highest BCUT2D eigenvalue weighted by atomic mass is 16.5. The van der Waals surface area contributed by atoms with Crippen LogP contribution in [0.2, 0.25) is 0 Å². The number of hydrogen-bond acceptors (Lipinski definition) is 4. The van der Waals surface area contributed by atoms with Gasteiger partial charge in [-0.25, -0.2) is 0 Å². The van der Waals surface area contributed by atoms with Crippen molar-refractivity contribution in [2.75, 3.05) is 46.4 Å². The molecule has 2 amide bonds. The van der Waals surface area contributed by atoms with Gasteiger partial charge in [-0.1, -0.05) is 30.3 Å². The number of nitrogens with one attached hydrogen (secondary N) is 1. The second kappa shape index (κ2) is 8.51. The molecular formula is C16H23N3O3. The van der Waals surface area contributed by atoms with Gasteiger partial charge in [0.25, 0.3) is 0 Å². The van der Waals surface area contributed by atoms with Gasteiger partial charge in [-0.05, 0) is 12.6 Å². The average Bonchev–Trinajstić information content (AvgIpc) is 2.54. The lowest BCUT2D eigenvalue weighted by Crippen LogP contribution is -2.46. The molecule has 0 radical (unpaired) electrons. The average molecular weight is 305 g/mol. The molecule has 0 atom stereocenters. The van der Waals surface area contributed by atoms with Crippen molar-refractivity contribution in [2.24, 2.45) is 0 Å². The monoisotopic (exact) mass is 305 g/mol. The van der Waals surface area contributed by atoms with Gasteiger partial charge in [0.1, 0.15) is 0 Å². The Labute approximate surface area is 131 Å². The summed E-state index contributed by atoms with van der Waals surface area (Å²) in [5.74, 6) is -0.0391. The zero-order valence-electron chi connectivity index (χ0n) is 13.0. The van der Waals surface area contributed by atoms with Gasteiger partial charge in [-0.15, -0.1) is 0 Å².